The van der Waals surface area contributed by atoms with E-state index in [-0.39, 0.29) is 17.9 Å². The van der Waals surface area contributed by atoms with Crippen LogP contribution in [0.25, 0.3) is 0 Å². The number of rotatable bonds is 5. The summed E-state index contributed by atoms with van der Waals surface area (Å²) in [5.74, 6) is 0.222. The Labute approximate surface area is 164 Å². The fourth-order valence-corrected chi connectivity index (χ4v) is 5.09. The van der Waals surface area contributed by atoms with Gasteiger partial charge in [0, 0.05) is 18.3 Å². The number of hydrogen-bond acceptors (Lipinski definition) is 6. The average molecular weight is 389 g/mol. The molecule has 2 fully saturated rings. The second-order valence-corrected chi connectivity index (χ2v) is 9.32. The number of nitrogens with one attached hydrogen (secondary N) is 2. The zero-order valence-corrected chi connectivity index (χ0v) is 17.1. The molecule has 2 aliphatic rings. The van der Waals surface area contributed by atoms with E-state index in [1.165, 1.54) is 24.4 Å². The van der Waals surface area contributed by atoms with Gasteiger partial charge in [0.05, 0.1) is 10.6 Å². The average Bonchev–Trinajstić information content (AvgIpc) is 3.24. The number of aryl methyl sites for hydroxylation is 1. The molecular weight excluding hydrogens is 360 g/mol. The number of aromatic nitrogens is 4. The van der Waals surface area contributed by atoms with Crippen LogP contribution in [0.15, 0.2) is 6.07 Å². The maximum Gasteiger partial charge on any atom is 0.273 e. The smallest absolute Gasteiger partial charge is 0.273 e. The molecule has 27 heavy (non-hydrogen) atoms. The molecule has 2 aromatic heterocycles. The second kappa shape index (κ2) is 7.31. The van der Waals surface area contributed by atoms with E-state index in [0.29, 0.717) is 11.1 Å². The third kappa shape index (κ3) is 3.91. The topological polar surface area (TPSA) is 86.8 Å². The third-order valence-corrected chi connectivity index (χ3v) is 7.03. The molecule has 2 N–H and O–H groups in total. The molecule has 2 aromatic rings. The minimum Gasteiger partial charge on any atom is -0.348 e. The van der Waals surface area contributed by atoms with Crippen LogP contribution < -0.4 is 5.32 Å². The standard InChI is InChI=1S/C19H28N6OS/c1-12(2)17-16(23-24-27-17)18(26)20-15-9-19(10-15)4-6-25(7-5-19)11-14-8-13(3)21-22-14/h8,12,15H,4-7,9-11H2,1-3H3,(H,20,26)(H,21,22). The zero-order valence-electron chi connectivity index (χ0n) is 16.3. The number of amides is 1. The third-order valence-electron chi connectivity index (χ3n) is 6.01. The molecule has 0 atom stereocenters. The van der Waals surface area contributed by atoms with E-state index >= 15 is 0 Å². The molecule has 1 amide bonds. The molecule has 1 aliphatic heterocycles. The summed E-state index contributed by atoms with van der Waals surface area (Å²) in [7, 11) is 0. The molecule has 0 unspecified atom stereocenters. The Hall–Kier alpha value is -1.80. The molecule has 1 spiro atoms. The first-order valence-corrected chi connectivity index (χ1v) is 10.6. The lowest BCUT2D eigenvalue weighted by Crippen LogP contribution is -2.54. The fraction of sp³-hybridized carbons (Fsp3) is 0.684. The van der Waals surface area contributed by atoms with Gasteiger partial charge >= 0.3 is 0 Å². The quantitative estimate of drug-likeness (QED) is 0.822. The Morgan fingerprint density at radius 1 is 1.41 bits per heavy atom. The monoisotopic (exact) mass is 388 g/mol. The van der Waals surface area contributed by atoms with Crippen LogP contribution in [0.2, 0.25) is 0 Å². The van der Waals surface area contributed by atoms with Crippen molar-refractivity contribution in [3.8, 4) is 0 Å². The first-order chi connectivity index (χ1) is 12.9. The molecule has 4 rings (SSSR count). The fourth-order valence-electron chi connectivity index (χ4n) is 4.45. The zero-order chi connectivity index (χ0) is 19.0. The van der Waals surface area contributed by atoms with Gasteiger partial charge in [-0.3, -0.25) is 14.8 Å². The van der Waals surface area contributed by atoms with Crippen molar-refractivity contribution in [1.29, 1.82) is 0 Å². The van der Waals surface area contributed by atoms with Crippen LogP contribution in [-0.4, -0.2) is 49.7 Å². The van der Waals surface area contributed by atoms with Crippen LogP contribution in [0.4, 0.5) is 0 Å². The van der Waals surface area contributed by atoms with E-state index in [9.17, 15) is 4.79 Å². The van der Waals surface area contributed by atoms with Gasteiger partial charge in [0.1, 0.15) is 0 Å². The van der Waals surface area contributed by atoms with Crippen molar-refractivity contribution < 1.29 is 4.79 Å². The Morgan fingerprint density at radius 3 is 2.78 bits per heavy atom. The minimum absolute atomic E-state index is 0.0568. The summed E-state index contributed by atoms with van der Waals surface area (Å²) in [5, 5.41) is 14.6. The summed E-state index contributed by atoms with van der Waals surface area (Å²) in [4.78, 5) is 16.0. The second-order valence-electron chi connectivity index (χ2n) is 8.54. The maximum atomic E-state index is 12.5. The Morgan fingerprint density at radius 2 is 2.15 bits per heavy atom. The first-order valence-electron chi connectivity index (χ1n) is 9.80. The Bertz CT molecular complexity index is 797. The minimum atomic E-state index is -0.0568. The van der Waals surface area contributed by atoms with Gasteiger partial charge in [0.15, 0.2) is 5.69 Å². The van der Waals surface area contributed by atoms with Gasteiger partial charge in [-0.15, -0.1) is 5.10 Å². The van der Waals surface area contributed by atoms with Crippen molar-refractivity contribution in [1.82, 2.24) is 30.0 Å². The van der Waals surface area contributed by atoms with Crippen LogP contribution >= 0.6 is 11.5 Å². The molecule has 0 bridgehead atoms. The van der Waals surface area contributed by atoms with Crippen LogP contribution in [0.3, 0.4) is 0 Å². The number of aromatic amines is 1. The molecule has 0 aromatic carbocycles. The summed E-state index contributed by atoms with van der Waals surface area (Å²) in [6, 6.07) is 2.40. The number of carbonyl (C=O) groups is 1. The summed E-state index contributed by atoms with van der Waals surface area (Å²) < 4.78 is 3.96. The van der Waals surface area contributed by atoms with Crippen LogP contribution in [0.5, 0.6) is 0 Å². The highest BCUT2D eigenvalue weighted by Gasteiger charge is 2.46. The van der Waals surface area contributed by atoms with E-state index < -0.39 is 0 Å². The lowest BCUT2D eigenvalue weighted by molar-refractivity contribution is 0.00428. The Balaban J connectivity index is 1.25. The number of likely N-dealkylation sites (tertiary alicyclic amines) is 1. The van der Waals surface area contributed by atoms with Crippen LogP contribution in [-0.2, 0) is 6.54 Å². The maximum absolute atomic E-state index is 12.5. The van der Waals surface area contributed by atoms with Gasteiger partial charge in [-0.1, -0.05) is 18.3 Å². The normalized spacial score (nSPS) is 20.1. The molecular formula is C19H28N6OS. The van der Waals surface area contributed by atoms with Crippen molar-refractivity contribution in [3.05, 3.63) is 28.0 Å². The van der Waals surface area contributed by atoms with E-state index in [1.807, 2.05) is 6.92 Å². The van der Waals surface area contributed by atoms with E-state index in [4.69, 9.17) is 0 Å². The van der Waals surface area contributed by atoms with Gasteiger partial charge in [0.25, 0.3) is 5.91 Å². The van der Waals surface area contributed by atoms with Crippen LogP contribution in [0.1, 0.15) is 72.2 Å². The van der Waals surface area contributed by atoms with Gasteiger partial charge in [-0.05, 0) is 74.6 Å². The summed E-state index contributed by atoms with van der Waals surface area (Å²) >= 11 is 1.33. The predicted molar refractivity (Wildman–Crippen MR) is 105 cm³/mol. The number of H-pyrrole nitrogens is 1. The van der Waals surface area contributed by atoms with Gasteiger partial charge < -0.3 is 5.32 Å². The number of hydrogen-bond donors (Lipinski definition) is 2. The first kappa shape index (κ1) is 18.6. The molecule has 7 nitrogen and oxygen atoms in total. The molecule has 8 heteroatoms. The lowest BCUT2D eigenvalue weighted by Gasteiger charge is -2.52. The Kier molecular flexibility index (Phi) is 5.03. The highest BCUT2D eigenvalue weighted by molar-refractivity contribution is 7.05. The number of piperidine rings is 1. The summed E-state index contributed by atoms with van der Waals surface area (Å²) in [6.45, 7) is 9.33. The van der Waals surface area contributed by atoms with E-state index in [2.05, 4.69) is 49.9 Å². The molecule has 0 radical (unpaired) electrons. The highest BCUT2D eigenvalue weighted by Crippen LogP contribution is 2.49. The highest BCUT2D eigenvalue weighted by atomic mass is 32.1. The van der Waals surface area contributed by atoms with Crippen molar-refractivity contribution in [3.63, 3.8) is 0 Å². The SMILES string of the molecule is Cc1cc(CN2CCC3(CC2)CC(NC(=O)c2nnsc2C(C)C)C3)n[nH]1. The predicted octanol–water partition coefficient (Wildman–Crippen LogP) is 2.87. The van der Waals surface area contributed by atoms with E-state index in [0.717, 1.165) is 48.7 Å². The summed E-state index contributed by atoms with van der Waals surface area (Å²) in [6.07, 6.45) is 4.59. The molecule has 1 saturated heterocycles. The van der Waals surface area contributed by atoms with Gasteiger partial charge in [-0.25, -0.2) is 0 Å². The molecule has 146 valence electrons. The lowest BCUT2D eigenvalue weighted by atomic mass is 9.60. The van der Waals surface area contributed by atoms with Crippen molar-refractivity contribution >= 4 is 17.4 Å². The van der Waals surface area contributed by atoms with E-state index in [1.54, 1.807) is 0 Å². The van der Waals surface area contributed by atoms with Crippen molar-refractivity contribution in [2.45, 2.75) is 65.0 Å². The van der Waals surface area contributed by atoms with Crippen molar-refractivity contribution in [2.24, 2.45) is 5.41 Å². The van der Waals surface area contributed by atoms with Gasteiger partial charge in [0.2, 0.25) is 0 Å². The number of nitrogens with zero attached hydrogens (tertiary/aromatic N) is 4. The largest absolute Gasteiger partial charge is 0.348 e. The molecule has 1 saturated carbocycles. The summed E-state index contributed by atoms with van der Waals surface area (Å²) in [5.41, 5.74) is 3.17. The number of carbonyl (C=O) groups excluding carboxylic acids is 1. The molecule has 1 aliphatic carbocycles. The van der Waals surface area contributed by atoms with Crippen LogP contribution in [0, 0.1) is 12.3 Å². The molecule has 3 heterocycles. The van der Waals surface area contributed by atoms with Crippen molar-refractivity contribution in [2.75, 3.05) is 13.1 Å². The van der Waals surface area contributed by atoms with Gasteiger partial charge in [-0.2, -0.15) is 5.10 Å².